The van der Waals surface area contributed by atoms with E-state index in [1.807, 2.05) is 48.5 Å². The molecule has 3 rings (SSSR count). The minimum absolute atomic E-state index is 0.481. The summed E-state index contributed by atoms with van der Waals surface area (Å²) in [5, 5.41) is 14.4. The van der Waals surface area contributed by atoms with Crippen molar-refractivity contribution in [1.29, 1.82) is 0 Å². The summed E-state index contributed by atoms with van der Waals surface area (Å²) in [5.41, 5.74) is 1.97. The molecule has 1 heterocycles. The number of hydrogen-bond donors (Lipinski definition) is 2. The van der Waals surface area contributed by atoms with Crippen molar-refractivity contribution in [3.8, 4) is 0 Å². The number of aliphatic hydroxyl groups is 1. The molecule has 20 heavy (non-hydrogen) atoms. The zero-order valence-electron chi connectivity index (χ0n) is 11.0. The number of aliphatic hydroxyl groups excluding tert-OH is 1. The maximum atomic E-state index is 10.1. The Hall–Kier alpha value is -1.75. The summed E-state index contributed by atoms with van der Waals surface area (Å²) in [7, 11) is 0. The predicted octanol–water partition coefficient (Wildman–Crippen LogP) is 3.12. The quantitative estimate of drug-likeness (QED) is 0.756. The van der Waals surface area contributed by atoms with Gasteiger partial charge in [0.2, 0.25) is 0 Å². The van der Waals surface area contributed by atoms with Crippen molar-refractivity contribution in [2.45, 2.75) is 12.6 Å². The zero-order valence-corrected chi connectivity index (χ0v) is 11.8. The number of hydrogen-bond acceptors (Lipinski definition) is 4. The second kappa shape index (κ2) is 6.13. The van der Waals surface area contributed by atoms with Crippen LogP contribution in [0.15, 0.2) is 54.6 Å². The van der Waals surface area contributed by atoms with Crippen LogP contribution in [0.5, 0.6) is 0 Å². The first kappa shape index (κ1) is 13.2. The van der Waals surface area contributed by atoms with E-state index >= 15 is 0 Å². The van der Waals surface area contributed by atoms with Crippen molar-refractivity contribution in [2.24, 2.45) is 0 Å². The number of para-hydroxylation sites is 1. The summed E-state index contributed by atoms with van der Waals surface area (Å²) < 4.78 is 1.20. The van der Waals surface area contributed by atoms with Gasteiger partial charge >= 0.3 is 0 Å². The second-order valence-electron chi connectivity index (χ2n) is 4.63. The topological polar surface area (TPSA) is 45.1 Å². The fourth-order valence-electron chi connectivity index (χ4n) is 2.10. The van der Waals surface area contributed by atoms with Crippen LogP contribution in [0, 0.1) is 0 Å². The monoisotopic (exact) mass is 284 g/mol. The summed E-state index contributed by atoms with van der Waals surface area (Å²) >= 11 is 1.69. The smallest absolute Gasteiger partial charge is 0.108 e. The summed E-state index contributed by atoms with van der Waals surface area (Å²) in [4.78, 5) is 4.56. The van der Waals surface area contributed by atoms with E-state index in [4.69, 9.17) is 0 Å². The average Bonchev–Trinajstić information content (AvgIpc) is 2.90. The van der Waals surface area contributed by atoms with Crippen LogP contribution in [0.3, 0.4) is 0 Å². The van der Waals surface area contributed by atoms with Gasteiger partial charge in [-0.25, -0.2) is 4.98 Å². The van der Waals surface area contributed by atoms with Crippen LogP contribution in [0.2, 0.25) is 0 Å². The Kier molecular flexibility index (Phi) is 4.06. The molecule has 0 aliphatic carbocycles. The average molecular weight is 284 g/mol. The van der Waals surface area contributed by atoms with E-state index in [0.29, 0.717) is 13.1 Å². The number of rotatable bonds is 5. The Morgan fingerprint density at radius 2 is 1.80 bits per heavy atom. The highest BCUT2D eigenvalue weighted by Gasteiger charge is 2.07. The second-order valence-corrected chi connectivity index (χ2v) is 5.75. The molecule has 0 amide bonds. The molecule has 4 heteroatoms. The molecule has 2 aromatic carbocycles. The molecule has 0 radical (unpaired) electrons. The van der Waals surface area contributed by atoms with Gasteiger partial charge in [-0.3, -0.25) is 0 Å². The first-order valence-electron chi connectivity index (χ1n) is 6.61. The molecule has 1 atom stereocenters. The van der Waals surface area contributed by atoms with Gasteiger partial charge in [0.1, 0.15) is 5.01 Å². The third kappa shape index (κ3) is 3.04. The standard InChI is InChI=1S/C16H16N2OS/c19-14(12-6-2-1-3-7-12)10-17-11-16-18-13-8-4-5-9-15(13)20-16/h1-9,14,17,19H,10-11H2. The molecule has 102 valence electrons. The van der Waals surface area contributed by atoms with Gasteiger partial charge in [0.25, 0.3) is 0 Å². The molecule has 2 N–H and O–H groups in total. The Labute approximate surface area is 121 Å². The van der Waals surface area contributed by atoms with Crippen molar-refractivity contribution in [3.63, 3.8) is 0 Å². The van der Waals surface area contributed by atoms with E-state index in [1.54, 1.807) is 11.3 Å². The largest absolute Gasteiger partial charge is 0.387 e. The van der Waals surface area contributed by atoms with Crippen LogP contribution in [-0.4, -0.2) is 16.6 Å². The summed E-state index contributed by atoms with van der Waals surface area (Å²) in [6.45, 7) is 1.21. The summed E-state index contributed by atoms with van der Waals surface area (Å²) in [6, 6.07) is 17.8. The van der Waals surface area contributed by atoms with E-state index in [0.717, 1.165) is 16.1 Å². The number of nitrogens with one attached hydrogen (secondary N) is 1. The molecule has 0 saturated heterocycles. The normalized spacial score (nSPS) is 12.7. The maximum Gasteiger partial charge on any atom is 0.108 e. The molecule has 0 fully saturated rings. The third-order valence-electron chi connectivity index (χ3n) is 3.14. The molecule has 1 aromatic heterocycles. The molecule has 0 aliphatic rings. The van der Waals surface area contributed by atoms with Gasteiger partial charge in [-0.2, -0.15) is 0 Å². The maximum absolute atomic E-state index is 10.1. The molecule has 0 bridgehead atoms. The van der Waals surface area contributed by atoms with E-state index in [2.05, 4.69) is 16.4 Å². The van der Waals surface area contributed by atoms with Gasteiger partial charge in [-0.15, -0.1) is 11.3 Å². The Bertz CT molecular complexity index is 648. The fraction of sp³-hybridized carbons (Fsp3) is 0.188. The Balaban J connectivity index is 1.57. The van der Waals surface area contributed by atoms with E-state index < -0.39 is 6.10 Å². The van der Waals surface area contributed by atoms with E-state index in [1.165, 1.54) is 4.70 Å². The first-order valence-corrected chi connectivity index (χ1v) is 7.43. The predicted molar refractivity (Wildman–Crippen MR) is 82.7 cm³/mol. The van der Waals surface area contributed by atoms with Crippen LogP contribution in [0.4, 0.5) is 0 Å². The van der Waals surface area contributed by atoms with Crippen LogP contribution < -0.4 is 5.32 Å². The van der Waals surface area contributed by atoms with Gasteiger partial charge in [0.05, 0.1) is 16.3 Å². The molecule has 3 nitrogen and oxygen atoms in total. The summed E-state index contributed by atoms with van der Waals surface area (Å²) in [6.07, 6.45) is -0.481. The highest BCUT2D eigenvalue weighted by molar-refractivity contribution is 7.18. The van der Waals surface area contributed by atoms with Crippen molar-refractivity contribution < 1.29 is 5.11 Å². The highest BCUT2D eigenvalue weighted by Crippen LogP contribution is 2.21. The number of benzene rings is 2. The zero-order chi connectivity index (χ0) is 13.8. The van der Waals surface area contributed by atoms with Gasteiger partial charge in [0.15, 0.2) is 0 Å². The van der Waals surface area contributed by atoms with Gasteiger partial charge in [0, 0.05) is 13.1 Å². The van der Waals surface area contributed by atoms with Crippen molar-refractivity contribution in [2.75, 3.05) is 6.54 Å². The van der Waals surface area contributed by atoms with Crippen LogP contribution in [0.1, 0.15) is 16.7 Å². The molecular weight excluding hydrogens is 268 g/mol. The minimum atomic E-state index is -0.481. The Morgan fingerprint density at radius 3 is 2.60 bits per heavy atom. The van der Waals surface area contributed by atoms with Gasteiger partial charge in [-0.05, 0) is 17.7 Å². The molecule has 0 spiro atoms. The molecule has 3 aromatic rings. The first-order chi connectivity index (χ1) is 9.83. The van der Waals surface area contributed by atoms with Crippen molar-refractivity contribution in [3.05, 3.63) is 65.2 Å². The third-order valence-corrected chi connectivity index (χ3v) is 4.17. The number of fused-ring (bicyclic) bond motifs is 1. The lowest BCUT2D eigenvalue weighted by Gasteiger charge is -2.11. The van der Waals surface area contributed by atoms with E-state index in [-0.39, 0.29) is 0 Å². The van der Waals surface area contributed by atoms with Crippen LogP contribution in [0.25, 0.3) is 10.2 Å². The molecule has 0 saturated carbocycles. The molecule has 0 aliphatic heterocycles. The molecular formula is C16H16N2OS. The SMILES string of the molecule is OC(CNCc1nc2ccccc2s1)c1ccccc1. The number of nitrogens with zero attached hydrogens (tertiary/aromatic N) is 1. The van der Waals surface area contributed by atoms with Crippen LogP contribution >= 0.6 is 11.3 Å². The fourth-order valence-corrected chi connectivity index (χ4v) is 3.04. The van der Waals surface area contributed by atoms with Crippen molar-refractivity contribution >= 4 is 21.6 Å². The van der Waals surface area contributed by atoms with Gasteiger partial charge in [-0.1, -0.05) is 42.5 Å². The number of aromatic nitrogens is 1. The van der Waals surface area contributed by atoms with Crippen LogP contribution in [-0.2, 0) is 6.54 Å². The van der Waals surface area contributed by atoms with Crippen molar-refractivity contribution in [1.82, 2.24) is 10.3 Å². The van der Waals surface area contributed by atoms with Gasteiger partial charge < -0.3 is 10.4 Å². The Morgan fingerprint density at radius 1 is 1.05 bits per heavy atom. The lowest BCUT2D eigenvalue weighted by atomic mass is 10.1. The number of thiazole rings is 1. The lowest BCUT2D eigenvalue weighted by Crippen LogP contribution is -2.20. The molecule has 1 unspecified atom stereocenters. The van der Waals surface area contributed by atoms with E-state index in [9.17, 15) is 5.11 Å². The minimum Gasteiger partial charge on any atom is -0.387 e. The lowest BCUT2D eigenvalue weighted by molar-refractivity contribution is 0.174. The summed E-state index contributed by atoms with van der Waals surface area (Å²) in [5.74, 6) is 0. The highest BCUT2D eigenvalue weighted by atomic mass is 32.1.